The van der Waals surface area contributed by atoms with Gasteiger partial charge in [0.05, 0.1) is 23.1 Å². The number of para-hydroxylation sites is 2. The Morgan fingerprint density at radius 2 is 1.52 bits per heavy atom. The third kappa shape index (κ3) is 4.10. The largest absolute Gasteiger partial charge is 0.321 e. The number of carbonyl (C=O) groups is 1. The summed E-state index contributed by atoms with van der Waals surface area (Å²) in [6, 6.07) is 27.6. The average molecular weight is 371 g/mol. The Labute approximate surface area is 161 Å². The first-order chi connectivity index (χ1) is 13.3. The SMILES string of the molecule is O=C(Nc1ccccc1Sc1ccccc1)c1cnn(-c2ccccc2)c1. The molecule has 1 N–H and O–H groups in total. The molecular formula is C22H17N3OS. The molecule has 0 aliphatic rings. The summed E-state index contributed by atoms with van der Waals surface area (Å²) >= 11 is 1.62. The first-order valence-corrected chi connectivity index (χ1v) is 9.34. The molecule has 3 aromatic carbocycles. The molecule has 1 heterocycles. The van der Waals surface area contributed by atoms with Crippen LogP contribution in [0.5, 0.6) is 0 Å². The fourth-order valence-corrected chi connectivity index (χ4v) is 3.55. The molecule has 0 saturated heterocycles. The Morgan fingerprint density at radius 3 is 2.30 bits per heavy atom. The number of hydrogen-bond acceptors (Lipinski definition) is 3. The topological polar surface area (TPSA) is 46.9 Å². The molecule has 1 amide bonds. The number of rotatable bonds is 5. The Balaban J connectivity index is 1.53. The first kappa shape index (κ1) is 17.1. The van der Waals surface area contributed by atoms with Gasteiger partial charge in [-0.15, -0.1) is 0 Å². The molecule has 4 nitrogen and oxygen atoms in total. The molecule has 4 rings (SSSR count). The summed E-state index contributed by atoms with van der Waals surface area (Å²) in [7, 11) is 0. The molecule has 0 aliphatic heterocycles. The van der Waals surface area contributed by atoms with Gasteiger partial charge in [0.1, 0.15) is 0 Å². The van der Waals surface area contributed by atoms with E-state index in [9.17, 15) is 4.79 Å². The van der Waals surface area contributed by atoms with Crippen molar-refractivity contribution in [3.8, 4) is 5.69 Å². The zero-order chi connectivity index (χ0) is 18.5. The van der Waals surface area contributed by atoms with Crippen molar-refractivity contribution in [2.45, 2.75) is 9.79 Å². The molecule has 132 valence electrons. The third-order valence-electron chi connectivity index (χ3n) is 3.97. The van der Waals surface area contributed by atoms with Crippen LogP contribution < -0.4 is 5.32 Å². The van der Waals surface area contributed by atoms with Gasteiger partial charge in [0.2, 0.25) is 0 Å². The van der Waals surface area contributed by atoms with Crippen molar-refractivity contribution < 1.29 is 4.79 Å². The minimum atomic E-state index is -0.182. The number of nitrogens with one attached hydrogen (secondary N) is 1. The average Bonchev–Trinajstić information content (AvgIpc) is 3.21. The molecule has 4 aromatic rings. The summed E-state index contributed by atoms with van der Waals surface area (Å²) < 4.78 is 1.69. The molecule has 0 radical (unpaired) electrons. The summed E-state index contributed by atoms with van der Waals surface area (Å²) in [5.41, 5.74) is 2.21. The molecular weight excluding hydrogens is 354 g/mol. The van der Waals surface area contributed by atoms with Crippen LogP contribution in [-0.2, 0) is 0 Å². The van der Waals surface area contributed by atoms with Crippen LogP contribution in [0.25, 0.3) is 5.69 Å². The second-order valence-corrected chi connectivity index (χ2v) is 6.99. The summed E-state index contributed by atoms with van der Waals surface area (Å²) in [5.74, 6) is -0.182. The number of benzene rings is 3. The van der Waals surface area contributed by atoms with Gasteiger partial charge in [-0.2, -0.15) is 5.10 Å². The van der Waals surface area contributed by atoms with Crippen LogP contribution in [0.4, 0.5) is 5.69 Å². The molecule has 0 spiro atoms. The lowest BCUT2D eigenvalue weighted by Crippen LogP contribution is -2.11. The molecule has 0 fully saturated rings. The van der Waals surface area contributed by atoms with Gasteiger partial charge in [0, 0.05) is 16.0 Å². The molecule has 27 heavy (non-hydrogen) atoms. The van der Waals surface area contributed by atoms with Gasteiger partial charge >= 0.3 is 0 Å². The maximum atomic E-state index is 12.7. The van der Waals surface area contributed by atoms with Crippen LogP contribution in [-0.4, -0.2) is 15.7 Å². The van der Waals surface area contributed by atoms with E-state index in [0.29, 0.717) is 5.56 Å². The highest BCUT2D eigenvalue weighted by Gasteiger charge is 2.12. The predicted molar refractivity (Wildman–Crippen MR) is 109 cm³/mol. The number of nitrogens with zero attached hydrogens (tertiary/aromatic N) is 2. The van der Waals surface area contributed by atoms with Crippen molar-refractivity contribution >= 4 is 23.4 Å². The standard InChI is InChI=1S/C22H17N3OS/c26-22(17-15-23-25(16-17)18-9-3-1-4-10-18)24-20-13-7-8-14-21(20)27-19-11-5-2-6-12-19/h1-16H,(H,24,26). The van der Waals surface area contributed by atoms with E-state index in [-0.39, 0.29) is 5.91 Å². The van der Waals surface area contributed by atoms with Gasteiger partial charge in [-0.25, -0.2) is 4.68 Å². The van der Waals surface area contributed by atoms with Gasteiger partial charge in [-0.1, -0.05) is 60.3 Å². The quantitative estimate of drug-likeness (QED) is 0.519. The third-order valence-corrected chi connectivity index (χ3v) is 5.06. The molecule has 0 bridgehead atoms. The fraction of sp³-hybridized carbons (Fsp3) is 0. The summed E-state index contributed by atoms with van der Waals surface area (Å²) in [4.78, 5) is 14.8. The lowest BCUT2D eigenvalue weighted by atomic mass is 10.3. The van der Waals surface area contributed by atoms with Crippen molar-refractivity contribution in [2.75, 3.05) is 5.32 Å². The molecule has 0 saturated carbocycles. The van der Waals surface area contributed by atoms with Crippen LogP contribution in [0.1, 0.15) is 10.4 Å². The number of anilines is 1. The van der Waals surface area contributed by atoms with Gasteiger partial charge in [0.15, 0.2) is 0 Å². The van der Waals surface area contributed by atoms with Crippen molar-refractivity contribution in [1.29, 1.82) is 0 Å². The maximum Gasteiger partial charge on any atom is 0.258 e. The smallest absolute Gasteiger partial charge is 0.258 e. The van der Waals surface area contributed by atoms with Crippen molar-refractivity contribution in [3.63, 3.8) is 0 Å². The molecule has 5 heteroatoms. The Morgan fingerprint density at radius 1 is 0.852 bits per heavy atom. The Hall–Kier alpha value is -3.31. The molecule has 0 unspecified atom stereocenters. The highest BCUT2D eigenvalue weighted by molar-refractivity contribution is 7.99. The van der Waals surface area contributed by atoms with E-state index in [1.165, 1.54) is 0 Å². The van der Waals surface area contributed by atoms with Crippen molar-refractivity contribution in [1.82, 2.24) is 9.78 Å². The van der Waals surface area contributed by atoms with Crippen LogP contribution in [0.2, 0.25) is 0 Å². The Bertz CT molecular complexity index is 1050. The summed E-state index contributed by atoms with van der Waals surface area (Å²) in [6.45, 7) is 0. The van der Waals surface area contributed by atoms with Crippen LogP contribution in [0.3, 0.4) is 0 Å². The highest BCUT2D eigenvalue weighted by atomic mass is 32.2. The Kier molecular flexibility index (Phi) is 5.03. The van der Waals surface area contributed by atoms with Gasteiger partial charge < -0.3 is 5.32 Å². The first-order valence-electron chi connectivity index (χ1n) is 8.53. The van der Waals surface area contributed by atoms with Gasteiger partial charge in [0.25, 0.3) is 5.91 Å². The van der Waals surface area contributed by atoms with Crippen LogP contribution in [0, 0.1) is 0 Å². The number of hydrogen-bond donors (Lipinski definition) is 1. The van der Waals surface area contributed by atoms with E-state index in [1.54, 1.807) is 28.8 Å². The zero-order valence-corrected chi connectivity index (χ0v) is 15.3. The summed E-state index contributed by atoms with van der Waals surface area (Å²) in [5, 5.41) is 7.29. The maximum absolute atomic E-state index is 12.7. The van der Waals surface area contributed by atoms with E-state index in [1.807, 2.05) is 84.9 Å². The van der Waals surface area contributed by atoms with Gasteiger partial charge in [-0.05, 0) is 36.4 Å². The predicted octanol–water partition coefficient (Wildman–Crippen LogP) is 5.28. The zero-order valence-electron chi connectivity index (χ0n) is 14.4. The second kappa shape index (κ2) is 7.93. The minimum absolute atomic E-state index is 0.182. The highest BCUT2D eigenvalue weighted by Crippen LogP contribution is 2.33. The monoisotopic (exact) mass is 371 g/mol. The van der Waals surface area contributed by atoms with E-state index in [0.717, 1.165) is 21.2 Å². The van der Waals surface area contributed by atoms with E-state index in [2.05, 4.69) is 10.4 Å². The fourth-order valence-electron chi connectivity index (χ4n) is 2.63. The minimum Gasteiger partial charge on any atom is -0.321 e. The van der Waals surface area contributed by atoms with Crippen molar-refractivity contribution in [3.05, 3.63) is 103 Å². The lowest BCUT2D eigenvalue weighted by molar-refractivity contribution is 0.102. The van der Waals surface area contributed by atoms with Crippen LogP contribution >= 0.6 is 11.8 Å². The number of carbonyl (C=O) groups excluding carboxylic acids is 1. The molecule has 0 aliphatic carbocycles. The van der Waals surface area contributed by atoms with E-state index in [4.69, 9.17) is 0 Å². The van der Waals surface area contributed by atoms with Gasteiger partial charge in [-0.3, -0.25) is 4.79 Å². The second-order valence-electron chi connectivity index (χ2n) is 5.87. The molecule has 1 aromatic heterocycles. The lowest BCUT2D eigenvalue weighted by Gasteiger charge is -2.10. The number of aromatic nitrogens is 2. The van der Waals surface area contributed by atoms with Crippen LogP contribution in [0.15, 0.2) is 107 Å². The van der Waals surface area contributed by atoms with E-state index >= 15 is 0 Å². The van der Waals surface area contributed by atoms with Crippen molar-refractivity contribution in [2.24, 2.45) is 0 Å². The summed E-state index contributed by atoms with van der Waals surface area (Å²) in [6.07, 6.45) is 3.31. The molecule has 0 atom stereocenters. The van der Waals surface area contributed by atoms with E-state index < -0.39 is 0 Å². The normalized spacial score (nSPS) is 10.5. The number of amides is 1.